The number of nitrogens with one attached hydrogen (secondary N) is 2. The van der Waals surface area contributed by atoms with E-state index in [1.807, 2.05) is 0 Å². The highest BCUT2D eigenvalue weighted by atomic mass is 15.2. The molecule has 0 aliphatic carbocycles. The maximum absolute atomic E-state index is 3.54. The summed E-state index contributed by atoms with van der Waals surface area (Å²) in [4.78, 5) is 0. The fourth-order valence-corrected chi connectivity index (χ4v) is 2.35. The highest BCUT2D eigenvalue weighted by Gasteiger charge is 2.37. The van der Waals surface area contributed by atoms with Crippen LogP contribution < -0.4 is 10.6 Å². The van der Waals surface area contributed by atoms with E-state index in [-0.39, 0.29) is 0 Å². The van der Waals surface area contributed by atoms with Gasteiger partial charge in [-0.05, 0) is 32.6 Å². The summed E-state index contributed by atoms with van der Waals surface area (Å²) in [6, 6.07) is 1.46. The maximum Gasteiger partial charge on any atom is 0.0605 e. The van der Waals surface area contributed by atoms with Crippen LogP contribution in [0.2, 0.25) is 0 Å². The average Bonchev–Trinajstić information content (AvgIpc) is 2.21. The van der Waals surface area contributed by atoms with Gasteiger partial charge < -0.3 is 0 Å². The van der Waals surface area contributed by atoms with Crippen molar-refractivity contribution in [2.45, 2.75) is 44.9 Å². The highest BCUT2D eigenvalue weighted by Crippen LogP contribution is 2.28. The molecule has 2 saturated heterocycles. The van der Waals surface area contributed by atoms with E-state index in [2.05, 4.69) is 24.5 Å². The lowest BCUT2D eigenvalue weighted by Gasteiger charge is -2.11. The molecule has 0 aromatic heterocycles. The molecular weight excluding hydrogens is 124 g/mol. The molecule has 0 bridgehead atoms. The molecule has 2 unspecified atom stereocenters. The second-order valence-corrected chi connectivity index (χ2v) is 3.84. The lowest BCUT2D eigenvalue weighted by Crippen LogP contribution is -2.40. The molecule has 0 aromatic carbocycles. The van der Waals surface area contributed by atoms with Crippen molar-refractivity contribution in [3.05, 3.63) is 0 Å². The van der Waals surface area contributed by atoms with Crippen molar-refractivity contribution in [3.8, 4) is 0 Å². The zero-order chi connectivity index (χ0) is 7.14. The molecule has 2 nitrogen and oxygen atoms in total. The van der Waals surface area contributed by atoms with Gasteiger partial charge in [-0.25, -0.2) is 0 Å². The van der Waals surface area contributed by atoms with E-state index >= 15 is 0 Å². The van der Waals surface area contributed by atoms with Gasteiger partial charge in [0.2, 0.25) is 0 Å². The van der Waals surface area contributed by atoms with Crippen LogP contribution in [0.3, 0.4) is 0 Å². The average molecular weight is 140 g/mol. The van der Waals surface area contributed by atoms with Crippen LogP contribution in [0.25, 0.3) is 0 Å². The minimum atomic E-state index is 0.630. The molecule has 0 radical (unpaired) electrons. The lowest BCUT2D eigenvalue weighted by atomic mass is 10.0. The summed E-state index contributed by atoms with van der Waals surface area (Å²) >= 11 is 0. The van der Waals surface area contributed by atoms with Crippen molar-refractivity contribution in [3.63, 3.8) is 0 Å². The van der Waals surface area contributed by atoms with Gasteiger partial charge in [-0.3, -0.25) is 10.6 Å². The fourth-order valence-electron chi connectivity index (χ4n) is 2.35. The molecule has 0 saturated carbocycles. The van der Waals surface area contributed by atoms with Crippen LogP contribution >= 0.6 is 0 Å². The van der Waals surface area contributed by atoms with Crippen LogP contribution in [0.4, 0.5) is 0 Å². The summed E-state index contributed by atoms with van der Waals surface area (Å²) in [5, 5.41) is 7.07. The van der Waals surface area contributed by atoms with Crippen molar-refractivity contribution >= 4 is 0 Å². The molecule has 2 fully saturated rings. The van der Waals surface area contributed by atoms with Crippen molar-refractivity contribution in [1.82, 2.24) is 10.6 Å². The maximum atomic E-state index is 3.54. The summed E-state index contributed by atoms with van der Waals surface area (Å²) in [5.41, 5.74) is 0. The molecule has 2 aliphatic rings. The molecule has 2 atom stereocenters. The largest absolute Gasteiger partial charge is 0.299 e. The SMILES string of the molecule is CC1CC2CC(C)NC2N1. The van der Waals surface area contributed by atoms with Gasteiger partial charge in [0, 0.05) is 12.1 Å². The summed E-state index contributed by atoms with van der Waals surface area (Å²) in [7, 11) is 0. The topological polar surface area (TPSA) is 24.1 Å². The molecule has 0 amide bonds. The second-order valence-electron chi connectivity index (χ2n) is 3.84. The quantitative estimate of drug-likeness (QED) is 0.517. The molecule has 2 aliphatic heterocycles. The Kier molecular flexibility index (Phi) is 1.46. The van der Waals surface area contributed by atoms with Gasteiger partial charge in [0.25, 0.3) is 0 Å². The molecule has 2 N–H and O–H groups in total. The number of hydrogen-bond acceptors (Lipinski definition) is 2. The van der Waals surface area contributed by atoms with E-state index in [0.717, 1.165) is 18.0 Å². The van der Waals surface area contributed by atoms with Gasteiger partial charge in [-0.15, -0.1) is 0 Å². The first-order chi connectivity index (χ1) is 4.75. The van der Waals surface area contributed by atoms with E-state index in [0.29, 0.717) is 6.17 Å². The smallest absolute Gasteiger partial charge is 0.0605 e. The van der Waals surface area contributed by atoms with E-state index < -0.39 is 0 Å². The normalized spacial score (nSPS) is 53.4. The van der Waals surface area contributed by atoms with Crippen LogP contribution in [0, 0.1) is 5.92 Å². The van der Waals surface area contributed by atoms with Crippen LogP contribution in [0.5, 0.6) is 0 Å². The fraction of sp³-hybridized carbons (Fsp3) is 1.00. The van der Waals surface area contributed by atoms with Gasteiger partial charge in [0.1, 0.15) is 0 Å². The van der Waals surface area contributed by atoms with Crippen LogP contribution in [0.1, 0.15) is 26.7 Å². The van der Waals surface area contributed by atoms with Gasteiger partial charge in [0.05, 0.1) is 6.17 Å². The minimum absolute atomic E-state index is 0.630. The Hall–Kier alpha value is -0.0800. The van der Waals surface area contributed by atoms with E-state index in [1.54, 1.807) is 0 Å². The molecule has 0 aromatic rings. The van der Waals surface area contributed by atoms with E-state index in [9.17, 15) is 0 Å². The van der Waals surface area contributed by atoms with Crippen LogP contribution in [-0.4, -0.2) is 18.2 Å². The Labute approximate surface area is 62.4 Å². The predicted octanol–water partition coefficient (Wildman–Crippen LogP) is 0.692. The van der Waals surface area contributed by atoms with Gasteiger partial charge in [-0.2, -0.15) is 0 Å². The zero-order valence-corrected chi connectivity index (χ0v) is 6.72. The Morgan fingerprint density at radius 3 is 1.90 bits per heavy atom. The third-order valence-electron chi connectivity index (χ3n) is 2.71. The standard InChI is InChI=1S/C8H16N2/c1-5-3-7-4-6(2)10-8(7)9-5/h5-10H,3-4H2,1-2H3. The Morgan fingerprint density at radius 1 is 1.00 bits per heavy atom. The molecule has 2 rings (SSSR count). The number of fused-ring (bicyclic) bond motifs is 1. The zero-order valence-electron chi connectivity index (χ0n) is 6.72. The second kappa shape index (κ2) is 2.21. The van der Waals surface area contributed by atoms with Crippen molar-refractivity contribution < 1.29 is 0 Å². The molecule has 10 heavy (non-hydrogen) atoms. The highest BCUT2D eigenvalue weighted by molar-refractivity contribution is 4.94. The molecule has 0 spiro atoms. The van der Waals surface area contributed by atoms with Gasteiger partial charge >= 0.3 is 0 Å². The van der Waals surface area contributed by atoms with Gasteiger partial charge in [-0.1, -0.05) is 0 Å². The van der Waals surface area contributed by atoms with Crippen molar-refractivity contribution in [2.24, 2.45) is 5.92 Å². The molecule has 58 valence electrons. The lowest BCUT2D eigenvalue weighted by molar-refractivity contribution is 0.469. The van der Waals surface area contributed by atoms with E-state index in [1.165, 1.54) is 12.8 Å². The first kappa shape index (κ1) is 6.62. The Morgan fingerprint density at radius 2 is 1.50 bits per heavy atom. The molecule has 2 heterocycles. The molecular formula is C8H16N2. The first-order valence-corrected chi connectivity index (χ1v) is 4.28. The third-order valence-corrected chi connectivity index (χ3v) is 2.71. The Balaban J connectivity index is 2.00. The summed E-state index contributed by atoms with van der Waals surface area (Å²) in [6.07, 6.45) is 3.36. The third kappa shape index (κ3) is 0.956. The summed E-state index contributed by atoms with van der Waals surface area (Å²) in [6.45, 7) is 4.54. The number of rotatable bonds is 0. The summed E-state index contributed by atoms with van der Waals surface area (Å²) < 4.78 is 0. The van der Waals surface area contributed by atoms with Crippen LogP contribution in [-0.2, 0) is 0 Å². The number of hydrogen-bond donors (Lipinski definition) is 2. The van der Waals surface area contributed by atoms with Crippen molar-refractivity contribution in [1.29, 1.82) is 0 Å². The summed E-state index contributed by atoms with van der Waals surface area (Å²) in [5.74, 6) is 0.907. The monoisotopic (exact) mass is 140 g/mol. The van der Waals surface area contributed by atoms with Crippen molar-refractivity contribution in [2.75, 3.05) is 0 Å². The van der Waals surface area contributed by atoms with Crippen LogP contribution in [0.15, 0.2) is 0 Å². The van der Waals surface area contributed by atoms with E-state index in [4.69, 9.17) is 0 Å². The Bertz CT molecular complexity index is 107. The minimum Gasteiger partial charge on any atom is -0.299 e. The molecule has 2 heteroatoms. The first-order valence-electron chi connectivity index (χ1n) is 4.28. The predicted molar refractivity (Wildman–Crippen MR) is 41.7 cm³/mol. The van der Waals surface area contributed by atoms with Gasteiger partial charge in [0.15, 0.2) is 0 Å².